The van der Waals surface area contributed by atoms with E-state index in [0.29, 0.717) is 17.5 Å². The van der Waals surface area contributed by atoms with Gasteiger partial charge in [-0.3, -0.25) is 0 Å². The largest absolute Gasteiger partial charge is 0.456 e. The lowest BCUT2D eigenvalue weighted by Crippen LogP contribution is -2.24. The average molecular weight is 423 g/mol. The molecular formula is C25H26O4S. The van der Waals surface area contributed by atoms with E-state index in [1.54, 1.807) is 54.6 Å². The van der Waals surface area contributed by atoms with Gasteiger partial charge in [-0.1, -0.05) is 60.7 Å². The molecule has 0 aliphatic rings. The van der Waals surface area contributed by atoms with Gasteiger partial charge in [-0.2, -0.15) is 0 Å². The molecule has 4 nitrogen and oxygen atoms in total. The van der Waals surface area contributed by atoms with Gasteiger partial charge in [0.1, 0.15) is 5.60 Å². The minimum Gasteiger partial charge on any atom is -0.456 e. The van der Waals surface area contributed by atoms with E-state index in [-0.39, 0.29) is 4.90 Å². The van der Waals surface area contributed by atoms with Crippen LogP contribution in [0, 0.1) is 0 Å². The topological polar surface area (TPSA) is 60.4 Å². The lowest BCUT2D eigenvalue weighted by Gasteiger charge is -2.21. The van der Waals surface area contributed by atoms with E-state index in [2.05, 4.69) is 0 Å². The molecular weight excluding hydrogens is 396 g/mol. The van der Waals surface area contributed by atoms with Gasteiger partial charge in [-0.05, 0) is 62.6 Å². The second-order valence-electron chi connectivity index (χ2n) is 8.16. The third kappa shape index (κ3) is 5.36. The summed E-state index contributed by atoms with van der Waals surface area (Å²) in [6.45, 7) is 5.42. The fraction of sp³-hybridized carbons (Fsp3) is 0.240. The van der Waals surface area contributed by atoms with Crippen molar-refractivity contribution < 1.29 is 17.9 Å². The van der Waals surface area contributed by atoms with Gasteiger partial charge in [-0.15, -0.1) is 0 Å². The SMILES string of the molecule is CC(C)(C)OC(=O)c1ccc(C(Cc2ccccc2)S(=O)(=O)c2ccccc2)cc1. The Balaban J connectivity index is 1.97. The highest BCUT2D eigenvalue weighted by atomic mass is 32.2. The molecule has 0 bridgehead atoms. The van der Waals surface area contributed by atoms with Crippen molar-refractivity contribution in [1.82, 2.24) is 0 Å². The standard InChI is InChI=1S/C25H26O4S/c1-25(2,3)29-24(26)21-16-14-20(15-17-21)23(18-19-10-6-4-7-11-19)30(27,28)22-12-8-5-9-13-22/h4-17,23H,18H2,1-3H3. The molecule has 0 aromatic heterocycles. The minimum atomic E-state index is -3.63. The number of benzene rings is 3. The monoisotopic (exact) mass is 422 g/mol. The maximum absolute atomic E-state index is 13.5. The van der Waals surface area contributed by atoms with Crippen LogP contribution >= 0.6 is 0 Å². The quantitative estimate of drug-likeness (QED) is 0.499. The lowest BCUT2D eigenvalue weighted by atomic mass is 10.0. The molecule has 0 amide bonds. The molecule has 0 radical (unpaired) electrons. The Bertz CT molecular complexity index is 1080. The summed E-state index contributed by atoms with van der Waals surface area (Å²) in [7, 11) is -3.63. The Kier molecular flexibility index (Phi) is 6.42. The third-order valence-corrected chi connectivity index (χ3v) is 6.74. The van der Waals surface area contributed by atoms with Crippen LogP contribution in [-0.2, 0) is 21.0 Å². The van der Waals surface area contributed by atoms with Crippen LogP contribution in [-0.4, -0.2) is 20.0 Å². The number of esters is 1. The Morgan fingerprint density at radius 2 is 1.37 bits per heavy atom. The van der Waals surface area contributed by atoms with Gasteiger partial charge in [0.25, 0.3) is 0 Å². The number of hydrogen-bond acceptors (Lipinski definition) is 4. The maximum atomic E-state index is 13.5. The molecule has 0 N–H and O–H groups in total. The number of sulfone groups is 1. The summed E-state index contributed by atoms with van der Waals surface area (Å²) in [5.74, 6) is -0.431. The van der Waals surface area contributed by atoms with E-state index in [0.717, 1.165) is 5.56 Å². The number of rotatable bonds is 6. The summed E-state index contributed by atoms with van der Waals surface area (Å²) in [6, 6.07) is 24.7. The van der Waals surface area contributed by atoms with Gasteiger partial charge in [0.05, 0.1) is 15.7 Å². The third-order valence-electron chi connectivity index (χ3n) is 4.63. The van der Waals surface area contributed by atoms with Gasteiger partial charge in [0.2, 0.25) is 0 Å². The molecule has 30 heavy (non-hydrogen) atoms. The molecule has 0 saturated heterocycles. The lowest BCUT2D eigenvalue weighted by molar-refractivity contribution is 0.00695. The van der Waals surface area contributed by atoms with Crippen LogP contribution in [0.5, 0.6) is 0 Å². The molecule has 3 aromatic carbocycles. The molecule has 1 atom stereocenters. The smallest absolute Gasteiger partial charge is 0.338 e. The first kappa shape index (κ1) is 21.8. The Morgan fingerprint density at radius 1 is 0.833 bits per heavy atom. The van der Waals surface area contributed by atoms with E-state index >= 15 is 0 Å². The number of hydrogen-bond donors (Lipinski definition) is 0. The molecule has 3 aromatic rings. The highest BCUT2D eigenvalue weighted by Gasteiger charge is 2.29. The summed E-state index contributed by atoms with van der Waals surface area (Å²) >= 11 is 0. The Morgan fingerprint density at radius 3 is 1.90 bits per heavy atom. The average Bonchev–Trinajstić information content (AvgIpc) is 2.72. The van der Waals surface area contributed by atoms with Crippen molar-refractivity contribution in [2.75, 3.05) is 0 Å². The summed E-state index contributed by atoms with van der Waals surface area (Å²) in [5, 5.41) is -0.769. The van der Waals surface area contributed by atoms with Crippen molar-refractivity contribution in [2.24, 2.45) is 0 Å². The first-order valence-electron chi connectivity index (χ1n) is 9.83. The number of ether oxygens (including phenoxy) is 1. The van der Waals surface area contributed by atoms with E-state index in [4.69, 9.17) is 4.74 Å². The number of carbonyl (C=O) groups is 1. The molecule has 0 aliphatic carbocycles. The van der Waals surface area contributed by atoms with Crippen molar-refractivity contribution in [1.29, 1.82) is 0 Å². The van der Waals surface area contributed by atoms with Gasteiger partial charge in [-0.25, -0.2) is 13.2 Å². The van der Waals surface area contributed by atoms with Crippen LogP contribution in [0.1, 0.15) is 47.5 Å². The second-order valence-corrected chi connectivity index (χ2v) is 10.3. The van der Waals surface area contributed by atoms with Crippen LogP contribution in [0.4, 0.5) is 0 Å². The summed E-state index contributed by atoms with van der Waals surface area (Å²) < 4.78 is 32.3. The van der Waals surface area contributed by atoms with Crippen molar-refractivity contribution in [3.63, 3.8) is 0 Å². The highest BCUT2D eigenvalue weighted by molar-refractivity contribution is 7.91. The highest BCUT2D eigenvalue weighted by Crippen LogP contribution is 2.32. The zero-order valence-corrected chi connectivity index (χ0v) is 18.2. The van der Waals surface area contributed by atoms with Crippen LogP contribution in [0.2, 0.25) is 0 Å². The van der Waals surface area contributed by atoms with Crippen molar-refractivity contribution in [2.45, 2.75) is 42.9 Å². The fourth-order valence-electron chi connectivity index (χ4n) is 3.18. The molecule has 0 heterocycles. The van der Waals surface area contributed by atoms with Gasteiger partial charge in [0, 0.05) is 0 Å². The van der Waals surface area contributed by atoms with Crippen molar-refractivity contribution in [3.8, 4) is 0 Å². The molecule has 0 aliphatic heterocycles. The molecule has 0 spiro atoms. The van der Waals surface area contributed by atoms with Crippen LogP contribution in [0.25, 0.3) is 0 Å². The second kappa shape index (κ2) is 8.84. The van der Waals surface area contributed by atoms with E-state index < -0.39 is 26.7 Å². The van der Waals surface area contributed by atoms with E-state index in [9.17, 15) is 13.2 Å². The van der Waals surface area contributed by atoms with Crippen molar-refractivity contribution >= 4 is 15.8 Å². The van der Waals surface area contributed by atoms with Crippen molar-refractivity contribution in [3.05, 3.63) is 102 Å². The zero-order valence-electron chi connectivity index (χ0n) is 17.4. The van der Waals surface area contributed by atoms with Gasteiger partial charge in [0.15, 0.2) is 9.84 Å². The Labute approximate surface area is 178 Å². The predicted molar refractivity (Wildman–Crippen MR) is 118 cm³/mol. The van der Waals surface area contributed by atoms with Crippen LogP contribution in [0.15, 0.2) is 89.8 Å². The first-order chi connectivity index (χ1) is 14.2. The Hall–Kier alpha value is -2.92. The van der Waals surface area contributed by atoms with Gasteiger partial charge < -0.3 is 4.74 Å². The molecule has 0 saturated carbocycles. The summed E-state index contributed by atoms with van der Waals surface area (Å²) in [4.78, 5) is 12.6. The minimum absolute atomic E-state index is 0.280. The molecule has 3 rings (SSSR count). The summed E-state index contributed by atoms with van der Waals surface area (Å²) in [6.07, 6.45) is 0.337. The van der Waals surface area contributed by atoms with E-state index in [1.807, 2.05) is 51.1 Å². The van der Waals surface area contributed by atoms with Crippen LogP contribution in [0.3, 0.4) is 0 Å². The number of carbonyl (C=O) groups excluding carboxylic acids is 1. The first-order valence-corrected chi connectivity index (χ1v) is 11.4. The predicted octanol–water partition coefficient (Wildman–Crippen LogP) is 5.40. The fourth-order valence-corrected chi connectivity index (χ4v) is 4.97. The van der Waals surface area contributed by atoms with Gasteiger partial charge >= 0.3 is 5.97 Å². The molecule has 0 fully saturated rings. The van der Waals surface area contributed by atoms with Crippen LogP contribution < -0.4 is 0 Å². The maximum Gasteiger partial charge on any atom is 0.338 e. The molecule has 5 heteroatoms. The zero-order chi connectivity index (χ0) is 21.8. The summed E-state index contributed by atoms with van der Waals surface area (Å²) in [5.41, 5.74) is 1.36. The molecule has 156 valence electrons. The molecule has 1 unspecified atom stereocenters. The van der Waals surface area contributed by atoms with E-state index in [1.165, 1.54) is 0 Å². The normalized spacial score (nSPS) is 12.9.